The molecule has 3 rings (SSSR count). The molecule has 0 unspecified atom stereocenters. The maximum Gasteiger partial charge on any atom is 0.254 e. The molecule has 0 atom stereocenters. The van der Waals surface area contributed by atoms with Gasteiger partial charge in [0, 0.05) is 30.9 Å². The van der Waals surface area contributed by atoms with Crippen LogP contribution in [0.2, 0.25) is 0 Å². The van der Waals surface area contributed by atoms with Crippen LogP contribution in [0.3, 0.4) is 0 Å². The maximum atomic E-state index is 13.3. The second-order valence-electron chi connectivity index (χ2n) is 8.96. The number of imidazole rings is 1. The first-order chi connectivity index (χ1) is 15.3. The number of fused-ring (bicyclic) bond motifs is 1. The first kappa shape index (κ1) is 23.5. The number of hydrogen-bond acceptors (Lipinski definition) is 4. The number of nitrogens with one attached hydrogen (secondary N) is 1. The van der Waals surface area contributed by atoms with E-state index in [0.717, 1.165) is 41.2 Å². The highest BCUT2D eigenvalue weighted by Crippen LogP contribution is 2.25. The molecule has 0 fully saturated rings. The zero-order valence-corrected chi connectivity index (χ0v) is 19.7. The number of aryl methyl sites for hydroxylation is 2. The minimum atomic E-state index is 0.0170. The summed E-state index contributed by atoms with van der Waals surface area (Å²) < 4.78 is 2.12. The van der Waals surface area contributed by atoms with Crippen molar-refractivity contribution < 1.29 is 4.79 Å². The Kier molecular flexibility index (Phi) is 7.70. The number of nitrogens with zero attached hydrogens (tertiary/aromatic N) is 3. The number of benzene rings is 2. The number of nitrogens with two attached hydrogens (primary N) is 1. The lowest BCUT2D eigenvalue weighted by Crippen LogP contribution is -2.35. The monoisotopic (exact) mass is 433 g/mol. The van der Waals surface area contributed by atoms with Crippen LogP contribution < -0.4 is 11.1 Å². The van der Waals surface area contributed by atoms with Crippen molar-refractivity contribution in [3.63, 3.8) is 0 Å². The standard InChI is InChI=1S/C26H35N5O/c1-18(2)16-30(17-19(3)4)25(32)21-10-11-23-24(15-21)31(13-7-12-27)26(29-23)28-22-9-6-8-20(5)14-22/h6,8-11,14-15,19H,1,7,12-13,16-17,27H2,2-5H3,(H,28,29). The minimum absolute atomic E-state index is 0.0170. The molecule has 0 aliphatic heterocycles. The van der Waals surface area contributed by atoms with Crippen molar-refractivity contribution in [1.82, 2.24) is 14.5 Å². The average molecular weight is 434 g/mol. The van der Waals surface area contributed by atoms with E-state index in [1.54, 1.807) is 0 Å². The highest BCUT2D eigenvalue weighted by molar-refractivity contribution is 5.98. The minimum Gasteiger partial charge on any atom is -0.334 e. The van der Waals surface area contributed by atoms with E-state index < -0.39 is 0 Å². The van der Waals surface area contributed by atoms with E-state index >= 15 is 0 Å². The average Bonchev–Trinajstić information content (AvgIpc) is 3.06. The van der Waals surface area contributed by atoms with Crippen LogP contribution in [-0.4, -0.2) is 40.0 Å². The molecular formula is C26H35N5O. The van der Waals surface area contributed by atoms with Gasteiger partial charge in [-0.3, -0.25) is 4.79 Å². The van der Waals surface area contributed by atoms with Crippen molar-refractivity contribution in [2.45, 2.75) is 40.7 Å². The molecule has 0 radical (unpaired) electrons. The molecule has 6 heteroatoms. The fourth-order valence-electron chi connectivity index (χ4n) is 3.85. The van der Waals surface area contributed by atoms with Crippen LogP contribution in [-0.2, 0) is 6.54 Å². The van der Waals surface area contributed by atoms with Gasteiger partial charge in [0.2, 0.25) is 5.95 Å². The summed E-state index contributed by atoms with van der Waals surface area (Å²) in [4.78, 5) is 20.0. The summed E-state index contributed by atoms with van der Waals surface area (Å²) in [6, 6.07) is 13.9. The van der Waals surface area contributed by atoms with Crippen molar-refractivity contribution in [1.29, 1.82) is 0 Å². The lowest BCUT2D eigenvalue weighted by atomic mass is 10.1. The van der Waals surface area contributed by atoms with Gasteiger partial charge in [0.15, 0.2) is 0 Å². The summed E-state index contributed by atoms with van der Waals surface area (Å²) in [5.74, 6) is 1.15. The van der Waals surface area contributed by atoms with Crippen molar-refractivity contribution in [3.05, 3.63) is 65.7 Å². The first-order valence-corrected chi connectivity index (χ1v) is 11.3. The Hall–Kier alpha value is -3.12. The maximum absolute atomic E-state index is 13.3. The molecule has 1 aromatic heterocycles. The zero-order chi connectivity index (χ0) is 23.3. The molecular weight excluding hydrogens is 398 g/mol. The molecule has 0 spiro atoms. The van der Waals surface area contributed by atoms with Crippen molar-refractivity contribution in [2.24, 2.45) is 11.7 Å². The predicted molar refractivity (Wildman–Crippen MR) is 133 cm³/mol. The Bertz CT molecular complexity index is 1100. The van der Waals surface area contributed by atoms with Crippen LogP contribution in [0.1, 0.15) is 43.1 Å². The summed E-state index contributed by atoms with van der Waals surface area (Å²) in [5.41, 5.74) is 11.4. The van der Waals surface area contributed by atoms with Gasteiger partial charge in [-0.05, 0) is 68.6 Å². The lowest BCUT2D eigenvalue weighted by Gasteiger charge is -2.25. The summed E-state index contributed by atoms with van der Waals surface area (Å²) in [7, 11) is 0. The Morgan fingerprint density at radius 2 is 2.03 bits per heavy atom. The summed E-state index contributed by atoms with van der Waals surface area (Å²) in [5, 5.41) is 3.44. The smallest absolute Gasteiger partial charge is 0.254 e. The van der Waals surface area contributed by atoms with E-state index in [4.69, 9.17) is 10.7 Å². The van der Waals surface area contributed by atoms with E-state index in [0.29, 0.717) is 31.1 Å². The van der Waals surface area contributed by atoms with Gasteiger partial charge in [-0.25, -0.2) is 4.98 Å². The summed E-state index contributed by atoms with van der Waals surface area (Å²) in [6.07, 6.45) is 0.821. The molecule has 32 heavy (non-hydrogen) atoms. The Balaban J connectivity index is 2.00. The molecule has 1 heterocycles. The van der Waals surface area contributed by atoms with E-state index in [1.165, 1.54) is 5.56 Å². The van der Waals surface area contributed by atoms with E-state index in [9.17, 15) is 4.79 Å². The van der Waals surface area contributed by atoms with Crippen LogP contribution in [0.15, 0.2) is 54.6 Å². The summed E-state index contributed by atoms with van der Waals surface area (Å²) >= 11 is 0. The molecule has 0 saturated heterocycles. The third-order valence-electron chi connectivity index (χ3n) is 5.19. The van der Waals surface area contributed by atoms with E-state index in [1.807, 2.05) is 42.2 Å². The molecule has 0 aliphatic carbocycles. The van der Waals surface area contributed by atoms with Gasteiger partial charge in [0.25, 0.3) is 5.91 Å². The van der Waals surface area contributed by atoms with Gasteiger partial charge in [-0.2, -0.15) is 0 Å². The number of rotatable bonds is 10. The number of carbonyl (C=O) groups is 1. The van der Waals surface area contributed by atoms with Gasteiger partial charge >= 0.3 is 0 Å². The Morgan fingerprint density at radius 1 is 1.25 bits per heavy atom. The largest absolute Gasteiger partial charge is 0.334 e. The van der Waals surface area contributed by atoms with Crippen molar-refractivity contribution in [2.75, 3.05) is 25.0 Å². The van der Waals surface area contributed by atoms with Crippen LogP contribution in [0.4, 0.5) is 11.6 Å². The molecule has 0 aliphatic rings. The van der Waals surface area contributed by atoms with Gasteiger partial charge in [-0.15, -0.1) is 0 Å². The van der Waals surface area contributed by atoms with Gasteiger partial charge in [0.1, 0.15) is 0 Å². The third kappa shape index (κ3) is 5.77. The fraction of sp³-hybridized carbons (Fsp3) is 0.385. The molecule has 0 bridgehead atoms. The van der Waals surface area contributed by atoms with E-state index in [-0.39, 0.29) is 5.91 Å². The van der Waals surface area contributed by atoms with Crippen LogP contribution >= 0.6 is 0 Å². The number of aromatic nitrogens is 2. The van der Waals surface area contributed by atoms with Crippen LogP contribution in [0.5, 0.6) is 0 Å². The predicted octanol–water partition coefficient (Wildman–Crippen LogP) is 5.11. The van der Waals surface area contributed by atoms with Gasteiger partial charge in [0.05, 0.1) is 11.0 Å². The molecule has 6 nitrogen and oxygen atoms in total. The van der Waals surface area contributed by atoms with Crippen molar-refractivity contribution in [3.8, 4) is 0 Å². The Labute approximate surface area is 191 Å². The second-order valence-corrected chi connectivity index (χ2v) is 8.96. The normalized spacial score (nSPS) is 11.2. The van der Waals surface area contributed by atoms with Gasteiger partial charge < -0.3 is 20.5 Å². The number of amides is 1. The van der Waals surface area contributed by atoms with Gasteiger partial charge in [-0.1, -0.05) is 38.1 Å². The van der Waals surface area contributed by atoms with Crippen LogP contribution in [0, 0.1) is 12.8 Å². The highest BCUT2D eigenvalue weighted by Gasteiger charge is 2.19. The SMILES string of the molecule is C=C(C)CN(CC(C)C)C(=O)c1ccc2nc(Nc3cccc(C)c3)n(CCCN)c2c1. The van der Waals surface area contributed by atoms with Crippen LogP contribution in [0.25, 0.3) is 11.0 Å². The highest BCUT2D eigenvalue weighted by atomic mass is 16.2. The zero-order valence-electron chi connectivity index (χ0n) is 19.7. The van der Waals surface area contributed by atoms with Crippen molar-refractivity contribution >= 4 is 28.6 Å². The molecule has 2 aromatic carbocycles. The number of anilines is 2. The topological polar surface area (TPSA) is 76.2 Å². The molecule has 0 saturated carbocycles. The van der Waals surface area contributed by atoms with E-state index in [2.05, 4.69) is 49.4 Å². The summed E-state index contributed by atoms with van der Waals surface area (Å²) in [6.45, 7) is 14.8. The lowest BCUT2D eigenvalue weighted by molar-refractivity contribution is 0.0752. The fourth-order valence-corrected chi connectivity index (χ4v) is 3.85. The molecule has 170 valence electrons. The third-order valence-corrected chi connectivity index (χ3v) is 5.19. The second kappa shape index (κ2) is 10.5. The number of carbonyl (C=O) groups excluding carboxylic acids is 1. The number of hydrogen-bond donors (Lipinski definition) is 2. The first-order valence-electron chi connectivity index (χ1n) is 11.3. The Morgan fingerprint density at radius 3 is 2.69 bits per heavy atom. The molecule has 3 aromatic rings. The molecule has 1 amide bonds. The molecule has 3 N–H and O–H groups in total. The quantitative estimate of drug-likeness (QED) is 0.436.